The number of nitrogens with two attached hydrogens (primary N) is 1. The van der Waals surface area contributed by atoms with Gasteiger partial charge in [-0.1, -0.05) is 5.21 Å². The minimum absolute atomic E-state index is 0.0246. The van der Waals surface area contributed by atoms with Crippen molar-refractivity contribution >= 4 is 10.0 Å². The lowest BCUT2D eigenvalue weighted by molar-refractivity contribution is 0.276. The van der Waals surface area contributed by atoms with Gasteiger partial charge in [0.2, 0.25) is 10.0 Å². The van der Waals surface area contributed by atoms with E-state index in [0.29, 0.717) is 32.5 Å². The lowest BCUT2D eigenvalue weighted by atomic mass is 10.4. The first-order chi connectivity index (χ1) is 8.51. The summed E-state index contributed by atoms with van der Waals surface area (Å²) in [6, 6.07) is 0. The van der Waals surface area contributed by atoms with E-state index >= 15 is 0 Å². The molecule has 0 bridgehead atoms. The van der Waals surface area contributed by atoms with Gasteiger partial charge in [0.25, 0.3) is 0 Å². The molecule has 0 unspecified atom stereocenters. The van der Waals surface area contributed by atoms with Crippen LogP contribution >= 0.6 is 0 Å². The molecule has 8 nitrogen and oxygen atoms in total. The van der Waals surface area contributed by atoms with Crippen LogP contribution in [0.25, 0.3) is 0 Å². The van der Waals surface area contributed by atoms with Crippen molar-refractivity contribution in [3.63, 3.8) is 0 Å². The predicted molar refractivity (Wildman–Crippen MR) is 66.0 cm³/mol. The number of rotatable bonds is 9. The molecule has 0 aliphatic rings. The fourth-order valence-corrected chi connectivity index (χ4v) is 1.92. The van der Waals surface area contributed by atoms with Crippen LogP contribution < -0.4 is 10.5 Å². The highest BCUT2D eigenvalue weighted by Gasteiger charge is 2.03. The molecule has 0 aliphatic carbocycles. The summed E-state index contributed by atoms with van der Waals surface area (Å²) < 4.78 is 23.0. The van der Waals surface area contributed by atoms with Gasteiger partial charge in [0, 0.05) is 25.9 Å². The number of aryl methyl sites for hydroxylation is 1. The average molecular weight is 277 g/mol. The molecule has 0 radical (unpaired) electrons. The largest absolute Gasteiger partial charge is 0.396 e. The Balaban J connectivity index is 2.17. The van der Waals surface area contributed by atoms with Gasteiger partial charge >= 0.3 is 0 Å². The summed E-state index contributed by atoms with van der Waals surface area (Å²) in [6.07, 6.45) is 2.91. The highest BCUT2D eigenvalue weighted by Crippen LogP contribution is 1.94. The summed E-state index contributed by atoms with van der Waals surface area (Å²) in [5, 5.41) is 24.4. The van der Waals surface area contributed by atoms with Gasteiger partial charge in [0.05, 0.1) is 11.4 Å². The van der Waals surface area contributed by atoms with Gasteiger partial charge in [-0.25, -0.2) is 13.6 Å². The van der Waals surface area contributed by atoms with Crippen LogP contribution in [0.4, 0.5) is 0 Å². The molecule has 0 atom stereocenters. The Morgan fingerprint density at radius 1 is 1.44 bits per heavy atom. The van der Waals surface area contributed by atoms with Gasteiger partial charge in [-0.3, -0.25) is 4.68 Å². The number of hydrogen-bond acceptors (Lipinski definition) is 6. The van der Waals surface area contributed by atoms with Crippen LogP contribution in [0.15, 0.2) is 6.20 Å². The fraction of sp³-hybridized carbons (Fsp3) is 0.778. The zero-order valence-corrected chi connectivity index (χ0v) is 10.9. The van der Waals surface area contributed by atoms with Crippen molar-refractivity contribution in [2.24, 2.45) is 5.14 Å². The highest BCUT2D eigenvalue weighted by atomic mass is 32.2. The first-order valence-corrected chi connectivity index (χ1v) is 7.44. The summed E-state index contributed by atoms with van der Waals surface area (Å²) in [4.78, 5) is 0. The van der Waals surface area contributed by atoms with E-state index in [1.807, 2.05) is 0 Å². The van der Waals surface area contributed by atoms with Crippen LogP contribution in [0.3, 0.4) is 0 Å². The Morgan fingerprint density at radius 3 is 2.89 bits per heavy atom. The monoisotopic (exact) mass is 277 g/mol. The quantitative estimate of drug-likeness (QED) is 0.468. The number of aromatic nitrogens is 3. The van der Waals surface area contributed by atoms with Crippen molar-refractivity contribution in [2.75, 3.05) is 18.9 Å². The molecule has 0 spiro atoms. The third kappa shape index (κ3) is 6.64. The molecule has 0 saturated heterocycles. The number of nitrogens with zero attached hydrogens (tertiary/aromatic N) is 3. The molecule has 0 saturated carbocycles. The van der Waals surface area contributed by atoms with Crippen LogP contribution in [-0.4, -0.2) is 47.4 Å². The van der Waals surface area contributed by atoms with Crippen molar-refractivity contribution < 1.29 is 13.5 Å². The molecule has 1 aromatic heterocycles. The molecule has 9 heteroatoms. The number of aliphatic hydroxyl groups is 1. The molecule has 4 N–H and O–H groups in total. The van der Waals surface area contributed by atoms with Gasteiger partial charge in [0.1, 0.15) is 0 Å². The zero-order valence-electron chi connectivity index (χ0n) is 10.1. The second kappa shape index (κ2) is 7.41. The van der Waals surface area contributed by atoms with E-state index in [0.717, 1.165) is 5.69 Å². The first-order valence-electron chi connectivity index (χ1n) is 5.72. The van der Waals surface area contributed by atoms with E-state index in [4.69, 9.17) is 10.2 Å². The van der Waals surface area contributed by atoms with Crippen molar-refractivity contribution in [1.82, 2.24) is 20.3 Å². The molecule has 0 fully saturated rings. The predicted octanol–water partition coefficient (Wildman–Crippen LogP) is -1.57. The number of sulfonamides is 1. The second-order valence-corrected chi connectivity index (χ2v) is 5.68. The maximum atomic E-state index is 10.7. The second-order valence-electron chi connectivity index (χ2n) is 3.95. The van der Waals surface area contributed by atoms with Gasteiger partial charge in [-0.05, 0) is 19.4 Å². The summed E-state index contributed by atoms with van der Waals surface area (Å²) >= 11 is 0. The van der Waals surface area contributed by atoms with Crippen molar-refractivity contribution in [3.05, 3.63) is 11.9 Å². The third-order valence-corrected chi connectivity index (χ3v) is 3.08. The van der Waals surface area contributed by atoms with Crippen LogP contribution in [0.2, 0.25) is 0 Å². The maximum absolute atomic E-state index is 10.7. The standard InChI is InChI=1S/C9H19N5O3S/c10-18(16,17)6-1-3-11-7-9-8-14(13-12-9)4-2-5-15/h8,11,15H,1-7H2,(H2,10,16,17). The number of nitrogens with one attached hydrogen (secondary N) is 1. The van der Waals surface area contributed by atoms with Crippen LogP contribution in [0, 0.1) is 0 Å². The summed E-state index contributed by atoms with van der Waals surface area (Å²) in [5.41, 5.74) is 0.781. The molecule has 18 heavy (non-hydrogen) atoms. The zero-order chi connectivity index (χ0) is 13.4. The normalized spacial score (nSPS) is 11.9. The average Bonchev–Trinajstić information content (AvgIpc) is 2.72. The number of hydrogen-bond donors (Lipinski definition) is 3. The van der Waals surface area contributed by atoms with Gasteiger partial charge in [-0.15, -0.1) is 5.10 Å². The van der Waals surface area contributed by atoms with Crippen molar-refractivity contribution in [2.45, 2.75) is 25.9 Å². The van der Waals surface area contributed by atoms with E-state index in [1.165, 1.54) is 0 Å². The number of primary sulfonamides is 1. The van der Waals surface area contributed by atoms with Crippen molar-refractivity contribution in [1.29, 1.82) is 0 Å². The smallest absolute Gasteiger partial charge is 0.209 e. The van der Waals surface area contributed by atoms with Crippen molar-refractivity contribution in [3.8, 4) is 0 Å². The minimum Gasteiger partial charge on any atom is -0.396 e. The SMILES string of the molecule is NS(=O)(=O)CCCNCc1cn(CCCO)nn1. The van der Waals surface area contributed by atoms with Crippen LogP contribution in [0.1, 0.15) is 18.5 Å². The molecular formula is C9H19N5O3S. The molecule has 0 amide bonds. The van der Waals surface area contributed by atoms with Crippen LogP contribution in [-0.2, 0) is 23.1 Å². The van der Waals surface area contributed by atoms with E-state index in [1.54, 1.807) is 10.9 Å². The topological polar surface area (TPSA) is 123 Å². The molecule has 104 valence electrons. The lowest BCUT2D eigenvalue weighted by Gasteiger charge is -2.01. The maximum Gasteiger partial charge on any atom is 0.209 e. The Morgan fingerprint density at radius 2 is 2.22 bits per heavy atom. The van der Waals surface area contributed by atoms with Crippen LogP contribution in [0.5, 0.6) is 0 Å². The van der Waals surface area contributed by atoms with Gasteiger partial charge in [0.15, 0.2) is 0 Å². The fourth-order valence-electron chi connectivity index (χ4n) is 1.38. The first kappa shape index (κ1) is 15.0. The summed E-state index contributed by atoms with van der Waals surface area (Å²) in [5.74, 6) is -0.0246. The van der Waals surface area contributed by atoms with E-state index in [2.05, 4.69) is 15.6 Å². The number of aliphatic hydroxyl groups excluding tert-OH is 1. The van der Waals surface area contributed by atoms with E-state index in [-0.39, 0.29) is 12.4 Å². The lowest BCUT2D eigenvalue weighted by Crippen LogP contribution is -2.22. The minimum atomic E-state index is -3.37. The Kier molecular flexibility index (Phi) is 6.19. The summed E-state index contributed by atoms with van der Waals surface area (Å²) in [6.45, 7) is 1.85. The Hall–Kier alpha value is -1.03. The highest BCUT2D eigenvalue weighted by molar-refractivity contribution is 7.89. The van der Waals surface area contributed by atoms with E-state index < -0.39 is 10.0 Å². The molecule has 1 rings (SSSR count). The molecule has 1 heterocycles. The summed E-state index contributed by atoms with van der Waals surface area (Å²) in [7, 11) is -3.37. The molecular weight excluding hydrogens is 258 g/mol. The molecule has 0 aliphatic heterocycles. The molecule has 1 aromatic rings. The third-order valence-electron chi connectivity index (χ3n) is 2.22. The molecule has 0 aromatic carbocycles. The van der Waals surface area contributed by atoms with E-state index in [9.17, 15) is 8.42 Å². The Bertz CT molecular complexity index is 445. The van der Waals surface area contributed by atoms with Gasteiger partial charge < -0.3 is 10.4 Å². The van der Waals surface area contributed by atoms with Gasteiger partial charge in [-0.2, -0.15) is 0 Å². The Labute approximate surface area is 106 Å².